The molecule has 0 aliphatic carbocycles. The summed E-state index contributed by atoms with van der Waals surface area (Å²) in [5, 5.41) is 25.9. The molecule has 10 heteroatoms. The van der Waals surface area contributed by atoms with Gasteiger partial charge < -0.3 is 5.32 Å². The average Bonchev–Trinajstić information content (AvgIpc) is 2.47. The first-order valence-corrected chi connectivity index (χ1v) is 6.49. The van der Waals surface area contributed by atoms with Crippen molar-refractivity contribution in [2.75, 3.05) is 5.32 Å². The zero-order valence-corrected chi connectivity index (χ0v) is 12.7. The smallest absolute Gasteiger partial charge is 0.328 e. The molecule has 0 heterocycles. The maximum atomic E-state index is 11.7. The van der Waals surface area contributed by atoms with Crippen molar-refractivity contribution in [2.45, 2.75) is 13.8 Å². The molecule has 0 radical (unpaired) electrons. The van der Waals surface area contributed by atoms with Gasteiger partial charge in [-0.25, -0.2) is 4.79 Å². The summed E-state index contributed by atoms with van der Waals surface area (Å²) in [6.45, 7) is 2.69. The fraction of sp³-hybridized carbons (Fsp3) is 0.143. The van der Waals surface area contributed by atoms with E-state index in [0.717, 1.165) is 13.1 Å². The van der Waals surface area contributed by atoms with E-state index in [0.29, 0.717) is 11.3 Å². The zero-order chi connectivity index (χ0) is 18.3. The highest BCUT2D eigenvalue weighted by Gasteiger charge is 2.14. The van der Waals surface area contributed by atoms with Gasteiger partial charge in [0.1, 0.15) is 11.6 Å². The Morgan fingerprint density at radius 2 is 1.96 bits per heavy atom. The molecular formula is C14H13N5O5. The molecule has 124 valence electrons. The van der Waals surface area contributed by atoms with E-state index in [-0.39, 0.29) is 5.69 Å². The Morgan fingerprint density at radius 3 is 2.46 bits per heavy atom. The summed E-state index contributed by atoms with van der Waals surface area (Å²) in [6.07, 6.45) is 1.05. The fourth-order valence-electron chi connectivity index (χ4n) is 1.58. The quantitative estimate of drug-likeness (QED) is 0.323. The van der Waals surface area contributed by atoms with Crippen LogP contribution in [0.1, 0.15) is 12.5 Å². The van der Waals surface area contributed by atoms with Gasteiger partial charge in [-0.15, -0.1) is 0 Å². The fourth-order valence-corrected chi connectivity index (χ4v) is 1.58. The Balaban J connectivity index is 2.85. The number of nitrogens with zero attached hydrogens (tertiary/aromatic N) is 2. The lowest BCUT2D eigenvalue weighted by molar-refractivity contribution is -0.384. The number of hydrogen-bond donors (Lipinski definition) is 3. The predicted molar refractivity (Wildman–Crippen MR) is 82.5 cm³/mol. The zero-order valence-electron chi connectivity index (χ0n) is 12.7. The average molecular weight is 331 g/mol. The molecule has 0 saturated carbocycles. The number of rotatable bonds is 4. The second kappa shape index (κ2) is 8.04. The van der Waals surface area contributed by atoms with E-state index in [4.69, 9.17) is 5.26 Å². The van der Waals surface area contributed by atoms with E-state index in [1.165, 1.54) is 18.2 Å². The minimum atomic E-state index is -1.06. The molecular weight excluding hydrogens is 318 g/mol. The van der Waals surface area contributed by atoms with Gasteiger partial charge in [0.15, 0.2) is 0 Å². The van der Waals surface area contributed by atoms with Crippen LogP contribution in [0.2, 0.25) is 0 Å². The van der Waals surface area contributed by atoms with Crippen LogP contribution >= 0.6 is 0 Å². The lowest BCUT2D eigenvalue weighted by atomic mass is 10.2. The summed E-state index contributed by atoms with van der Waals surface area (Å²) < 4.78 is 0. The summed E-state index contributed by atoms with van der Waals surface area (Å²) in [5.74, 6) is -1.68. The van der Waals surface area contributed by atoms with Gasteiger partial charge in [0.25, 0.3) is 11.6 Å². The van der Waals surface area contributed by atoms with Crippen LogP contribution < -0.4 is 16.0 Å². The van der Waals surface area contributed by atoms with Crippen LogP contribution in [0, 0.1) is 28.4 Å². The number of non-ortho nitro benzene ring substituents is 1. The van der Waals surface area contributed by atoms with Crippen molar-refractivity contribution in [3.8, 4) is 6.07 Å². The molecule has 0 unspecified atom stereocenters. The molecule has 24 heavy (non-hydrogen) atoms. The normalized spacial score (nSPS) is 10.3. The monoisotopic (exact) mass is 331 g/mol. The molecule has 0 aromatic heterocycles. The van der Waals surface area contributed by atoms with Gasteiger partial charge in [0.2, 0.25) is 5.91 Å². The Bertz CT molecular complexity index is 778. The number of nitriles is 1. The van der Waals surface area contributed by atoms with Crippen LogP contribution in [0.4, 0.5) is 16.2 Å². The third kappa shape index (κ3) is 5.23. The van der Waals surface area contributed by atoms with Crippen molar-refractivity contribution in [3.05, 3.63) is 45.6 Å². The van der Waals surface area contributed by atoms with Crippen LogP contribution in [0.5, 0.6) is 0 Å². The topological polar surface area (TPSA) is 154 Å². The van der Waals surface area contributed by atoms with Crippen molar-refractivity contribution in [3.63, 3.8) is 0 Å². The molecule has 0 saturated heterocycles. The minimum Gasteiger partial charge on any atom is -0.360 e. The molecule has 1 rings (SSSR count). The lowest BCUT2D eigenvalue weighted by Gasteiger charge is -2.06. The molecule has 3 N–H and O–H groups in total. The number of aryl methyl sites for hydroxylation is 1. The number of carbonyl (C=O) groups is 3. The van der Waals surface area contributed by atoms with Crippen LogP contribution in [0.3, 0.4) is 0 Å². The molecule has 0 bridgehead atoms. The Morgan fingerprint density at radius 1 is 1.29 bits per heavy atom. The number of nitrogens with one attached hydrogen (secondary N) is 3. The number of carbonyl (C=O) groups excluding carboxylic acids is 3. The van der Waals surface area contributed by atoms with Gasteiger partial charge in [-0.3, -0.25) is 30.3 Å². The third-order valence-electron chi connectivity index (χ3n) is 2.67. The molecule has 1 aromatic rings. The third-order valence-corrected chi connectivity index (χ3v) is 2.67. The number of nitro benzene ring substituents is 1. The SMILES string of the molecule is CC(=O)NC(=O)NC(=O)C(C#N)=CNc1ccc([N+](=O)[O-])cc1C. The first-order chi connectivity index (χ1) is 11.2. The summed E-state index contributed by atoms with van der Waals surface area (Å²) in [7, 11) is 0. The van der Waals surface area contributed by atoms with Crippen molar-refractivity contribution in [1.82, 2.24) is 10.6 Å². The Kier molecular flexibility index (Phi) is 6.13. The number of benzene rings is 1. The van der Waals surface area contributed by atoms with E-state index < -0.39 is 28.3 Å². The van der Waals surface area contributed by atoms with Gasteiger partial charge in [-0.2, -0.15) is 5.26 Å². The summed E-state index contributed by atoms with van der Waals surface area (Å²) >= 11 is 0. The first-order valence-electron chi connectivity index (χ1n) is 6.49. The van der Waals surface area contributed by atoms with Crippen molar-refractivity contribution in [2.24, 2.45) is 0 Å². The van der Waals surface area contributed by atoms with Crippen LogP contribution in [-0.4, -0.2) is 22.8 Å². The van der Waals surface area contributed by atoms with Crippen LogP contribution in [0.25, 0.3) is 0 Å². The molecule has 0 fully saturated rings. The maximum Gasteiger partial charge on any atom is 0.328 e. The molecule has 0 aliphatic rings. The van der Waals surface area contributed by atoms with Gasteiger partial charge in [0.05, 0.1) is 4.92 Å². The number of amides is 4. The largest absolute Gasteiger partial charge is 0.360 e. The number of imide groups is 2. The highest BCUT2D eigenvalue weighted by molar-refractivity contribution is 6.09. The number of anilines is 1. The molecule has 4 amide bonds. The standard InChI is InChI=1S/C14H13N5O5/c1-8-5-11(19(23)24)3-4-12(8)16-7-10(6-15)13(21)18-14(22)17-9(2)20/h3-5,7,16H,1-2H3,(H2,17,18,20,21,22). The first kappa shape index (κ1) is 18.3. The predicted octanol–water partition coefficient (Wildman–Crippen LogP) is 1.09. The second-order valence-electron chi connectivity index (χ2n) is 4.53. The van der Waals surface area contributed by atoms with Gasteiger partial charge in [0, 0.05) is 30.9 Å². The molecule has 0 aliphatic heterocycles. The van der Waals surface area contributed by atoms with Crippen molar-refractivity contribution < 1.29 is 19.3 Å². The summed E-state index contributed by atoms with van der Waals surface area (Å²) in [5.41, 5.74) is 0.439. The maximum absolute atomic E-state index is 11.7. The Hall–Kier alpha value is -3.74. The molecule has 10 nitrogen and oxygen atoms in total. The van der Waals surface area contributed by atoms with Crippen molar-refractivity contribution in [1.29, 1.82) is 5.26 Å². The molecule has 1 aromatic carbocycles. The second-order valence-corrected chi connectivity index (χ2v) is 4.53. The van der Waals surface area contributed by atoms with Crippen molar-refractivity contribution >= 4 is 29.2 Å². The van der Waals surface area contributed by atoms with Gasteiger partial charge in [-0.05, 0) is 18.6 Å². The molecule has 0 spiro atoms. The highest BCUT2D eigenvalue weighted by Crippen LogP contribution is 2.21. The van der Waals surface area contributed by atoms with E-state index in [1.807, 2.05) is 10.6 Å². The van der Waals surface area contributed by atoms with Crippen LogP contribution in [-0.2, 0) is 9.59 Å². The van der Waals surface area contributed by atoms with Gasteiger partial charge >= 0.3 is 6.03 Å². The number of urea groups is 1. The highest BCUT2D eigenvalue weighted by atomic mass is 16.6. The Labute approximate surface area is 136 Å². The number of nitro groups is 1. The van der Waals surface area contributed by atoms with E-state index in [1.54, 1.807) is 13.0 Å². The van der Waals surface area contributed by atoms with E-state index >= 15 is 0 Å². The summed E-state index contributed by atoms with van der Waals surface area (Å²) in [4.78, 5) is 43.7. The minimum absolute atomic E-state index is 0.0961. The van der Waals surface area contributed by atoms with Crippen LogP contribution in [0.15, 0.2) is 30.0 Å². The molecule has 0 atom stereocenters. The number of hydrogen-bond acceptors (Lipinski definition) is 7. The van der Waals surface area contributed by atoms with Gasteiger partial charge in [-0.1, -0.05) is 0 Å². The van der Waals surface area contributed by atoms with E-state index in [9.17, 15) is 24.5 Å². The van der Waals surface area contributed by atoms with E-state index in [2.05, 4.69) is 5.32 Å². The lowest BCUT2D eigenvalue weighted by Crippen LogP contribution is -2.42. The summed E-state index contributed by atoms with van der Waals surface area (Å²) in [6, 6.07) is 4.54.